The molecule has 1 fully saturated rings. The van der Waals surface area contributed by atoms with Gasteiger partial charge in [0.2, 0.25) is 0 Å². The Morgan fingerprint density at radius 2 is 2.19 bits per heavy atom. The van der Waals surface area contributed by atoms with Gasteiger partial charge in [0, 0.05) is 30.0 Å². The van der Waals surface area contributed by atoms with Gasteiger partial charge in [-0.15, -0.1) is 11.6 Å². The molecule has 1 aliphatic heterocycles. The maximum Gasteiger partial charge on any atom is 0.0708 e. The molecule has 1 saturated heterocycles. The normalized spacial score (nSPS) is 20.0. The van der Waals surface area contributed by atoms with Gasteiger partial charge >= 0.3 is 0 Å². The van der Waals surface area contributed by atoms with Crippen LogP contribution < -0.4 is 0 Å². The average molecular weight is 303 g/mol. The summed E-state index contributed by atoms with van der Waals surface area (Å²) in [5.74, 6) is 1.56. The van der Waals surface area contributed by atoms with Gasteiger partial charge in [0.25, 0.3) is 0 Å². The Morgan fingerprint density at radius 3 is 3.05 bits per heavy atom. The number of likely N-dealkylation sites (tertiary alicyclic amines) is 1. The second-order valence-corrected chi connectivity index (χ2v) is 6.54. The van der Waals surface area contributed by atoms with Crippen molar-refractivity contribution in [1.29, 1.82) is 0 Å². The topological polar surface area (TPSA) is 16.1 Å². The highest BCUT2D eigenvalue weighted by Gasteiger charge is 2.20. The molecular formula is C18H23ClN2. The van der Waals surface area contributed by atoms with E-state index in [1.54, 1.807) is 0 Å². The van der Waals surface area contributed by atoms with Gasteiger partial charge in [-0.2, -0.15) is 0 Å². The first-order valence-electron chi connectivity index (χ1n) is 7.90. The number of halogens is 1. The Morgan fingerprint density at radius 1 is 1.33 bits per heavy atom. The highest BCUT2D eigenvalue weighted by atomic mass is 35.5. The van der Waals surface area contributed by atoms with E-state index in [2.05, 4.69) is 47.1 Å². The molecule has 3 heteroatoms. The summed E-state index contributed by atoms with van der Waals surface area (Å²) in [4.78, 5) is 7.22. The van der Waals surface area contributed by atoms with Crippen LogP contribution in [-0.2, 0) is 6.54 Å². The third-order valence-electron chi connectivity index (χ3n) is 4.44. The number of aromatic nitrogens is 1. The molecule has 2 nitrogen and oxygen atoms in total. The van der Waals surface area contributed by atoms with Crippen molar-refractivity contribution in [3.8, 4) is 0 Å². The summed E-state index contributed by atoms with van der Waals surface area (Å²) in [6, 6.07) is 10.7. The molecule has 1 atom stereocenters. The second kappa shape index (κ2) is 6.76. The molecule has 21 heavy (non-hydrogen) atoms. The van der Waals surface area contributed by atoms with Crippen molar-refractivity contribution in [2.24, 2.45) is 5.92 Å². The van der Waals surface area contributed by atoms with E-state index in [1.165, 1.54) is 36.9 Å². The SMILES string of the molecule is Cc1cc(CN2CCCC(CCCl)C2)c2ccccc2n1. The number of pyridine rings is 1. The van der Waals surface area contributed by atoms with E-state index < -0.39 is 0 Å². The molecule has 2 aromatic rings. The zero-order valence-corrected chi connectivity index (χ0v) is 13.4. The molecule has 0 aliphatic carbocycles. The van der Waals surface area contributed by atoms with E-state index >= 15 is 0 Å². The highest BCUT2D eigenvalue weighted by Crippen LogP contribution is 2.24. The maximum atomic E-state index is 5.91. The van der Waals surface area contributed by atoms with Crippen molar-refractivity contribution in [3.05, 3.63) is 41.6 Å². The van der Waals surface area contributed by atoms with Crippen LogP contribution in [0.4, 0.5) is 0 Å². The molecule has 0 N–H and O–H groups in total. The van der Waals surface area contributed by atoms with Gasteiger partial charge < -0.3 is 0 Å². The second-order valence-electron chi connectivity index (χ2n) is 6.16. The van der Waals surface area contributed by atoms with E-state index in [-0.39, 0.29) is 0 Å². The number of fused-ring (bicyclic) bond motifs is 1. The summed E-state index contributed by atoms with van der Waals surface area (Å²) in [6.45, 7) is 5.50. The lowest BCUT2D eigenvalue weighted by atomic mass is 9.95. The van der Waals surface area contributed by atoms with E-state index in [0.29, 0.717) is 0 Å². The molecule has 1 aliphatic rings. The standard InChI is InChI=1S/C18H23ClN2/c1-14-11-16(17-6-2-3-7-18(17)20-14)13-21-10-4-5-15(12-21)8-9-19/h2-3,6-7,11,15H,4-5,8-10,12-13H2,1H3. The van der Waals surface area contributed by atoms with Crippen LogP contribution in [0.25, 0.3) is 10.9 Å². The average Bonchev–Trinajstić information content (AvgIpc) is 2.48. The summed E-state index contributed by atoms with van der Waals surface area (Å²) in [6.07, 6.45) is 3.77. The lowest BCUT2D eigenvalue weighted by Gasteiger charge is -2.32. The van der Waals surface area contributed by atoms with Crippen molar-refractivity contribution in [3.63, 3.8) is 0 Å². The zero-order chi connectivity index (χ0) is 14.7. The molecular weight excluding hydrogens is 280 g/mol. The van der Waals surface area contributed by atoms with E-state index in [0.717, 1.165) is 36.0 Å². The fourth-order valence-corrected chi connectivity index (χ4v) is 3.76. The van der Waals surface area contributed by atoms with E-state index in [4.69, 9.17) is 11.6 Å². The van der Waals surface area contributed by atoms with Gasteiger partial charge in [0.05, 0.1) is 5.52 Å². The van der Waals surface area contributed by atoms with E-state index in [1.807, 2.05) is 0 Å². The Labute approximate surface area is 132 Å². The maximum absolute atomic E-state index is 5.91. The molecule has 0 bridgehead atoms. The lowest BCUT2D eigenvalue weighted by Crippen LogP contribution is -2.35. The smallest absolute Gasteiger partial charge is 0.0708 e. The first-order chi connectivity index (χ1) is 10.3. The summed E-state index contributed by atoms with van der Waals surface area (Å²) >= 11 is 5.91. The molecule has 1 aromatic carbocycles. The first kappa shape index (κ1) is 14.8. The third kappa shape index (κ3) is 3.56. The Hall–Kier alpha value is -1.12. The van der Waals surface area contributed by atoms with Crippen LogP contribution in [0.1, 0.15) is 30.5 Å². The molecule has 0 spiro atoms. The molecule has 3 rings (SSSR count). The molecule has 1 unspecified atom stereocenters. The van der Waals surface area contributed by atoms with Gasteiger partial charge in [-0.1, -0.05) is 18.2 Å². The summed E-state index contributed by atoms with van der Waals surface area (Å²) in [5.41, 5.74) is 3.63. The van der Waals surface area contributed by atoms with Crippen LogP contribution in [0.5, 0.6) is 0 Å². The molecule has 0 saturated carbocycles. The number of aryl methyl sites for hydroxylation is 1. The summed E-state index contributed by atoms with van der Waals surface area (Å²) < 4.78 is 0. The van der Waals surface area contributed by atoms with Crippen molar-refractivity contribution >= 4 is 22.5 Å². The quantitative estimate of drug-likeness (QED) is 0.779. The lowest BCUT2D eigenvalue weighted by molar-refractivity contribution is 0.165. The number of para-hydroxylation sites is 1. The van der Waals surface area contributed by atoms with Gasteiger partial charge in [-0.05, 0) is 56.3 Å². The number of alkyl halides is 1. The van der Waals surface area contributed by atoms with E-state index in [9.17, 15) is 0 Å². The van der Waals surface area contributed by atoms with Crippen molar-refractivity contribution in [2.45, 2.75) is 32.7 Å². The summed E-state index contributed by atoms with van der Waals surface area (Å²) in [5, 5.41) is 1.29. The Kier molecular flexibility index (Phi) is 4.77. The van der Waals surface area contributed by atoms with Crippen LogP contribution in [0.3, 0.4) is 0 Å². The first-order valence-corrected chi connectivity index (χ1v) is 8.43. The monoisotopic (exact) mass is 302 g/mol. The zero-order valence-electron chi connectivity index (χ0n) is 12.7. The largest absolute Gasteiger partial charge is 0.299 e. The minimum atomic E-state index is 0.769. The molecule has 0 amide bonds. The van der Waals surface area contributed by atoms with Crippen LogP contribution in [0.15, 0.2) is 30.3 Å². The minimum Gasteiger partial charge on any atom is -0.299 e. The number of rotatable bonds is 4. The molecule has 0 radical (unpaired) electrons. The Balaban J connectivity index is 1.81. The molecule has 2 heterocycles. The number of benzene rings is 1. The third-order valence-corrected chi connectivity index (χ3v) is 4.66. The highest BCUT2D eigenvalue weighted by molar-refractivity contribution is 6.17. The fraction of sp³-hybridized carbons (Fsp3) is 0.500. The Bertz CT molecular complexity index is 609. The van der Waals surface area contributed by atoms with Gasteiger partial charge in [0.1, 0.15) is 0 Å². The van der Waals surface area contributed by atoms with Crippen LogP contribution >= 0.6 is 11.6 Å². The van der Waals surface area contributed by atoms with Gasteiger partial charge in [-0.3, -0.25) is 9.88 Å². The minimum absolute atomic E-state index is 0.769. The predicted molar refractivity (Wildman–Crippen MR) is 89.8 cm³/mol. The predicted octanol–water partition coefficient (Wildman–Crippen LogP) is 4.38. The summed E-state index contributed by atoms with van der Waals surface area (Å²) in [7, 11) is 0. The van der Waals surface area contributed by atoms with Gasteiger partial charge in [-0.25, -0.2) is 0 Å². The van der Waals surface area contributed by atoms with Crippen molar-refractivity contribution in [2.75, 3.05) is 19.0 Å². The fourth-order valence-electron chi connectivity index (χ4n) is 3.45. The number of hydrogen-bond donors (Lipinski definition) is 0. The van der Waals surface area contributed by atoms with Gasteiger partial charge in [0.15, 0.2) is 0 Å². The molecule has 1 aromatic heterocycles. The van der Waals surface area contributed by atoms with Crippen molar-refractivity contribution in [1.82, 2.24) is 9.88 Å². The number of nitrogens with zero attached hydrogens (tertiary/aromatic N) is 2. The van der Waals surface area contributed by atoms with Crippen LogP contribution in [-0.4, -0.2) is 28.9 Å². The van der Waals surface area contributed by atoms with Crippen LogP contribution in [0, 0.1) is 12.8 Å². The number of piperidine rings is 1. The molecule has 112 valence electrons. The van der Waals surface area contributed by atoms with Crippen LogP contribution in [0.2, 0.25) is 0 Å². The number of hydrogen-bond acceptors (Lipinski definition) is 2. The van der Waals surface area contributed by atoms with Crippen molar-refractivity contribution < 1.29 is 0 Å².